The third-order valence-electron chi connectivity index (χ3n) is 9.84. The van der Waals surface area contributed by atoms with Gasteiger partial charge in [-0.25, -0.2) is 0 Å². The van der Waals surface area contributed by atoms with Gasteiger partial charge >= 0.3 is 0 Å². The minimum absolute atomic E-state index is 0.113. The number of hydrogen-bond acceptors (Lipinski definition) is 2. The fourth-order valence-corrected chi connectivity index (χ4v) is 11.4. The van der Waals surface area contributed by atoms with Crippen LogP contribution in [-0.4, -0.2) is 0 Å². The molecule has 7 aromatic rings. The van der Waals surface area contributed by atoms with E-state index in [2.05, 4.69) is 178 Å². The summed E-state index contributed by atoms with van der Waals surface area (Å²) in [6.07, 6.45) is 0. The van der Waals surface area contributed by atoms with Crippen LogP contribution in [-0.2, 0) is 5.41 Å². The molecule has 9 rings (SSSR count). The molecule has 2 aliphatic rings. The van der Waals surface area contributed by atoms with Crippen molar-refractivity contribution in [1.82, 2.24) is 0 Å². The second kappa shape index (κ2) is 11.0. The summed E-state index contributed by atoms with van der Waals surface area (Å²) in [5.41, 5.74) is 7.19. The van der Waals surface area contributed by atoms with Crippen LogP contribution >= 0.6 is 10.0 Å². The molecule has 0 saturated heterocycles. The molecule has 0 saturated carbocycles. The number of ether oxygens (including phenoxy) is 2. The van der Waals surface area contributed by atoms with E-state index in [4.69, 9.17) is 9.47 Å². The minimum atomic E-state index is -1.79. The molecule has 3 heteroatoms. The summed E-state index contributed by atoms with van der Waals surface area (Å²) in [7, 11) is -1.79. The van der Waals surface area contributed by atoms with Gasteiger partial charge in [-0.15, -0.1) is 10.0 Å². The van der Waals surface area contributed by atoms with Gasteiger partial charge in [-0.3, -0.25) is 0 Å². The molecule has 0 amide bonds. The van der Waals surface area contributed by atoms with Crippen molar-refractivity contribution >= 4 is 10.0 Å². The van der Waals surface area contributed by atoms with Gasteiger partial charge in [0.2, 0.25) is 0 Å². The van der Waals surface area contributed by atoms with E-state index >= 15 is 0 Å². The van der Waals surface area contributed by atoms with Gasteiger partial charge in [-0.2, -0.15) is 0 Å². The van der Waals surface area contributed by atoms with Crippen molar-refractivity contribution < 1.29 is 9.47 Å². The van der Waals surface area contributed by atoms with Gasteiger partial charge in [-0.1, -0.05) is 111 Å². The lowest BCUT2D eigenvalue weighted by Crippen LogP contribution is -2.15. The third kappa shape index (κ3) is 4.35. The van der Waals surface area contributed by atoms with E-state index in [1.165, 1.54) is 41.8 Å². The second-order valence-electron chi connectivity index (χ2n) is 13.0. The average Bonchev–Trinajstić information content (AvgIpc) is 3.36. The molecular formula is C45H34O2S. The van der Waals surface area contributed by atoms with Gasteiger partial charge in [0.15, 0.2) is 23.0 Å². The van der Waals surface area contributed by atoms with Crippen LogP contribution in [0.4, 0.5) is 0 Å². The van der Waals surface area contributed by atoms with E-state index in [0.717, 1.165) is 34.1 Å². The Morgan fingerprint density at radius 3 is 1.56 bits per heavy atom. The zero-order valence-corrected chi connectivity index (χ0v) is 27.7. The molecule has 0 atom stereocenters. The highest BCUT2D eigenvalue weighted by Crippen LogP contribution is 2.73. The summed E-state index contributed by atoms with van der Waals surface area (Å²) in [5.74, 6) is 2.97. The molecule has 1 aliphatic carbocycles. The van der Waals surface area contributed by atoms with Crippen molar-refractivity contribution in [3.8, 4) is 45.3 Å². The Morgan fingerprint density at radius 1 is 0.375 bits per heavy atom. The van der Waals surface area contributed by atoms with Crippen molar-refractivity contribution in [2.75, 3.05) is 0 Å². The molecule has 1 heterocycles. The predicted octanol–water partition coefficient (Wildman–Crippen LogP) is 12.9. The summed E-state index contributed by atoms with van der Waals surface area (Å²) >= 11 is 0. The lowest BCUT2D eigenvalue weighted by Gasteiger charge is -2.42. The van der Waals surface area contributed by atoms with Crippen LogP contribution in [0, 0.1) is 0 Å². The molecule has 0 spiro atoms. The Hall–Kier alpha value is -5.51. The molecule has 0 fully saturated rings. The van der Waals surface area contributed by atoms with Gasteiger partial charge in [-0.05, 0) is 106 Å². The van der Waals surface area contributed by atoms with Gasteiger partial charge in [0.1, 0.15) is 0 Å². The molecule has 0 aromatic heterocycles. The fourth-order valence-electron chi connectivity index (χ4n) is 7.51. The fraction of sp³-hybridized carbons (Fsp3) is 0.0667. The van der Waals surface area contributed by atoms with E-state index in [0.29, 0.717) is 0 Å². The van der Waals surface area contributed by atoms with Crippen LogP contribution in [0.25, 0.3) is 22.3 Å². The monoisotopic (exact) mass is 638 g/mol. The second-order valence-corrected chi connectivity index (χ2v) is 16.1. The van der Waals surface area contributed by atoms with Gasteiger partial charge < -0.3 is 9.47 Å². The van der Waals surface area contributed by atoms with Crippen LogP contribution in [0.3, 0.4) is 0 Å². The number of rotatable bonds is 5. The Balaban J connectivity index is 1.15. The summed E-state index contributed by atoms with van der Waals surface area (Å²) in [6.45, 7) is 4.57. The maximum absolute atomic E-state index is 6.64. The highest BCUT2D eigenvalue weighted by Gasteiger charge is 2.38. The van der Waals surface area contributed by atoms with Gasteiger partial charge in [0.25, 0.3) is 0 Å². The Kier molecular flexibility index (Phi) is 6.60. The molecule has 0 bridgehead atoms. The first-order valence-corrected chi connectivity index (χ1v) is 18.0. The van der Waals surface area contributed by atoms with Crippen LogP contribution in [0.5, 0.6) is 23.0 Å². The summed E-state index contributed by atoms with van der Waals surface area (Å²) in [6, 6.07) is 61.2. The molecule has 232 valence electrons. The quantitative estimate of drug-likeness (QED) is 0.187. The summed E-state index contributed by atoms with van der Waals surface area (Å²) in [4.78, 5) is 5.18. The first kappa shape index (κ1) is 28.7. The molecular weight excluding hydrogens is 605 g/mol. The van der Waals surface area contributed by atoms with Crippen molar-refractivity contribution in [3.63, 3.8) is 0 Å². The number of fused-ring (bicyclic) bond motifs is 5. The maximum atomic E-state index is 6.64. The number of hydrogen-bond donors (Lipinski definition) is 0. The van der Waals surface area contributed by atoms with Crippen molar-refractivity contribution in [1.29, 1.82) is 0 Å². The molecule has 0 unspecified atom stereocenters. The lowest BCUT2D eigenvalue weighted by atomic mass is 9.82. The van der Waals surface area contributed by atoms with E-state index in [1.54, 1.807) is 0 Å². The van der Waals surface area contributed by atoms with Gasteiger partial charge in [0.05, 0.1) is 0 Å². The highest BCUT2D eigenvalue weighted by atomic mass is 32.3. The number of benzene rings is 7. The van der Waals surface area contributed by atoms with Crippen molar-refractivity contribution in [3.05, 3.63) is 181 Å². The van der Waals surface area contributed by atoms with E-state index in [-0.39, 0.29) is 5.41 Å². The molecule has 2 nitrogen and oxygen atoms in total. The Bertz CT molecular complexity index is 2210. The third-order valence-corrected chi connectivity index (χ3v) is 13.7. The van der Waals surface area contributed by atoms with E-state index in [1.807, 2.05) is 6.07 Å². The topological polar surface area (TPSA) is 18.5 Å². The van der Waals surface area contributed by atoms with E-state index in [9.17, 15) is 0 Å². The zero-order valence-electron chi connectivity index (χ0n) is 26.9. The molecule has 48 heavy (non-hydrogen) atoms. The first-order valence-electron chi connectivity index (χ1n) is 16.4. The summed E-state index contributed by atoms with van der Waals surface area (Å²) < 4.78 is 13.2. The summed E-state index contributed by atoms with van der Waals surface area (Å²) in [5, 5.41) is 0. The van der Waals surface area contributed by atoms with Gasteiger partial charge in [0, 0.05) is 25.0 Å². The molecule has 0 N–H and O–H groups in total. The first-order chi connectivity index (χ1) is 23.5. The van der Waals surface area contributed by atoms with Crippen LogP contribution in [0.2, 0.25) is 0 Å². The van der Waals surface area contributed by atoms with Crippen LogP contribution in [0.15, 0.2) is 189 Å². The Morgan fingerprint density at radius 2 is 0.896 bits per heavy atom. The lowest BCUT2D eigenvalue weighted by molar-refractivity contribution is 0.359. The van der Waals surface area contributed by atoms with Crippen molar-refractivity contribution in [2.24, 2.45) is 0 Å². The standard InChI is InChI=1S/C45H34O2S/c1-45(2)39-24-13-12-23-37(39)38-29-43-44(30-40(38)45)47-42-28-32(25-26-41(42)46-43)31-15-14-22-36(27-31)48(33-16-6-3-7-17-33,34-18-8-4-9-19-34)35-20-10-5-11-21-35/h3-30H,1-2H3. The molecule has 7 aromatic carbocycles. The largest absolute Gasteiger partial charge is 0.449 e. The molecule has 1 aliphatic heterocycles. The smallest absolute Gasteiger partial charge is 0.170 e. The maximum Gasteiger partial charge on any atom is 0.170 e. The average molecular weight is 639 g/mol. The van der Waals surface area contributed by atoms with E-state index < -0.39 is 10.0 Å². The predicted molar refractivity (Wildman–Crippen MR) is 196 cm³/mol. The van der Waals surface area contributed by atoms with Crippen molar-refractivity contribution in [2.45, 2.75) is 38.8 Å². The SMILES string of the molecule is CC1(C)c2ccccc2-c2cc3c(cc21)Oc1cc(-c2cccc(S(c4ccccc4)(c4ccccc4)c4ccccc4)c2)ccc1O3. The molecule has 0 radical (unpaired) electrons. The highest BCUT2D eigenvalue weighted by molar-refractivity contribution is 8.34. The Labute approximate surface area is 283 Å². The zero-order chi connectivity index (χ0) is 32.3. The normalized spacial score (nSPS) is 14.0. The minimum Gasteiger partial charge on any atom is -0.449 e. The van der Waals surface area contributed by atoms with Crippen LogP contribution in [0.1, 0.15) is 25.0 Å². The van der Waals surface area contributed by atoms with Crippen LogP contribution < -0.4 is 9.47 Å².